The Balaban J connectivity index is 0. The van der Waals surface area contributed by atoms with Crippen LogP contribution in [0.5, 0.6) is 0 Å². The molecule has 5 heteroatoms. The zero-order valence-electron chi connectivity index (χ0n) is 3.10. The summed E-state index contributed by atoms with van der Waals surface area (Å²) in [4.78, 5) is 0. The van der Waals surface area contributed by atoms with Gasteiger partial charge in [-0.15, -0.1) is 0 Å². The molecule has 6 radical (unpaired) electrons. The molecule has 0 rings (SSSR count). The molecule has 0 aliphatic heterocycles. The van der Waals surface area contributed by atoms with Crippen LogP contribution in [0.4, 0.5) is 0 Å². The van der Waals surface area contributed by atoms with Crippen molar-refractivity contribution in [3.8, 4) is 0 Å². The zero-order chi connectivity index (χ0) is 0. The molecule has 0 spiro atoms. The maximum atomic E-state index is 0. The van der Waals surface area contributed by atoms with E-state index in [1.165, 1.54) is 0 Å². The van der Waals surface area contributed by atoms with E-state index in [2.05, 4.69) is 0 Å². The molecule has 0 fully saturated rings. The van der Waals surface area contributed by atoms with Gasteiger partial charge in [-0.1, -0.05) is 0 Å². The summed E-state index contributed by atoms with van der Waals surface area (Å²) < 4.78 is 0. The first-order valence-corrected chi connectivity index (χ1v) is 0. The topological polar surface area (TPSA) is 0 Å². The van der Waals surface area contributed by atoms with Gasteiger partial charge in [-0.3, -0.25) is 0 Å². The van der Waals surface area contributed by atoms with Gasteiger partial charge in [0.2, 0.25) is 0 Å². The molecular formula is BiCuFeKNa. The third-order valence-electron chi connectivity index (χ3n) is 0. The molecular weight excluding hydrogens is 390 g/mol. The first kappa shape index (κ1) is 33.7. The molecule has 0 aliphatic carbocycles. The van der Waals surface area contributed by atoms with Crippen molar-refractivity contribution in [3.63, 3.8) is 0 Å². The predicted octanol–water partition coefficient (Wildman–Crippen LogP) is -1.15. The van der Waals surface area contributed by atoms with E-state index >= 15 is 0 Å². The van der Waals surface area contributed by atoms with Crippen molar-refractivity contribution in [2.75, 3.05) is 0 Å². The van der Waals surface area contributed by atoms with E-state index < -0.39 is 0 Å². The maximum Gasteiger partial charge on any atom is 0 e. The molecule has 0 aromatic rings. The molecule has 0 amide bonds. The molecule has 0 saturated carbocycles. The van der Waals surface area contributed by atoms with Crippen molar-refractivity contribution in [1.29, 1.82) is 0 Å². The van der Waals surface area contributed by atoms with E-state index in [-0.39, 0.29) is 141 Å². The van der Waals surface area contributed by atoms with E-state index in [4.69, 9.17) is 0 Å². The second-order valence-corrected chi connectivity index (χ2v) is 0. The first-order chi connectivity index (χ1) is 0. The van der Waals surface area contributed by atoms with Crippen LogP contribution in [-0.2, 0) is 34.1 Å². The summed E-state index contributed by atoms with van der Waals surface area (Å²) in [6.45, 7) is 0. The zero-order valence-corrected chi connectivity index (χ0v) is 13.7. The Morgan fingerprint density at radius 1 is 1.00 bits per heavy atom. The normalized spacial score (nSPS) is 0. The summed E-state index contributed by atoms with van der Waals surface area (Å²) in [5.74, 6) is 0. The van der Waals surface area contributed by atoms with Gasteiger partial charge in [0.1, 0.15) is 0 Å². The Hall–Kier alpha value is 4.56. The number of hydrogen-bond donors (Lipinski definition) is 0. The Bertz CT molecular complexity index is 11.6. The molecule has 0 aliphatic rings. The third kappa shape index (κ3) is 17.7. The van der Waals surface area contributed by atoms with Gasteiger partial charge in [0.25, 0.3) is 0 Å². The van der Waals surface area contributed by atoms with Gasteiger partial charge in [-0.05, 0) is 0 Å². The van der Waals surface area contributed by atoms with Crippen molar-refractivity contribution in [2.45, 2.75) is 0 Å². The molecule has 0 aromatic carbocycles. The van der Waals surface area contributed by atoms with Crippen LogP contribution in [0.1, 0.15) is 0 Å². The van der Waals surface area contributed by atoms with Gasteiger partial charge in [0, 0.05) is 141 Å². The molecule has 0 nitrogen and oxygen atoms in total. The van der Waals surface area contributed by atoms with Crippen LogP contribution in [-0.4, -0.2) is 107 Å². The minimum absolute atomic E-state index is 0. The summed E-state index contributed by atoms with van der Waals surface area (Å²) in [5.41, 5.74) is 0. The average Bonchev–Trinajstić information content (AvgIpc) is 0. The summed E-state index contributed by atoms with van der Waals surface area (Å²) in [6.07, 6.45) is 0. The van der Waals surface area contributed by atoms with Crippen molar-refractivity contribution in [3.05, 3.63) is 0 Å². The van der Waals surface area contributed by atoms with Crippen LogP contribution in [0.15, 0.2) is 0 Å². The second kappa shape index (κ2) is 23.5. The average molecular weight is 390 g/mol. The summed E-state index contributed by atoms with van der Waals surface area (Å²) >= 11 is 0. The predicted molar refractivity (Wildman–Crippen MR) is 17.3 cm³/mol. The fraction of sp³-hybridized carbons (Fsp3) is 0. The standard InChI is InChI=1S/Bi.Cu.Fe.K.Na. The molecule has 5 heavy (non-hydrogen) atoms. The first-order valence-electron chi connectivity index (χ1n) is 0. The molecule has 0 atom stereocenters. The quantitative estimate of drug-likeness (QED) is 0.459. The number of hydrogen-bond acceptors (Lipinski definition) is 0. The van der Waals surface area contributed by atoms with E-state index in [9.17, 15) is 0 Å². The fourth-order valence-electron chi connectivity index (χ4n) is 0. The molecule has 0 heterocycles. The van der Waals surface area contributed by atoms with Gasteiger partial charge >= 0.3 is 0 Å². The third-order valence-corrected chi connectivity index (χ3v) is 0. The Morgan fingerprint density at radius 2 is 1.00 bits per heavy atom. The van der Waals surface area contributed by atoms with Crippen molar-refractivity contribution < 1.29 is 34.1 Å². The summed E-state index contributed by atoms with van der Waals surface area (Å²) in [7, 11) is 0. The van der Waals surface area contributed by atoms with E-state index in [0.29, 0.717) is 0 Å². The second-order valence-electron chi connectivity index (χ2n) is 0. The molecule has 0 saturated heterocycles. The molecule has 26 valence electrons. The Morgan fingerprint density at radius 3 is 1.00 bits per heavy atom. The Labute approximate surface area is 137 Å². The van der Waals surface area contributed by atoms with Gasteiger partial charge in [-0.25, -0.2) is 0 Å². The van der Waals surface area contributed by atoms with Crippen LogP contribution in [0.3, 0.4) is 0 Å². The van der Waals surface area contributed by atoms with Crippen LogP contribution in [0.2, 0.25) is 0 Å². The van der Waals surface area contributed by atoms with Crippen LogP contribution < -0.4 is 0 Å². The fourth-order valence-corrected chi connectivity index (χ4v) is 0. The minimum atomic E-state index is 0. The van der Waals surface area contributed by atoms with Crippen LogP contribution in [0.25, 0.3) is 0 Å². The van der Waals surface area contributed by atoms with Gasteiger partial charge in [-0.2, -0.15) is 0 Å². The van der Waals surface area contributed by atoms with Gasteiger partial charge in [0.05, 0.1) is 0 Å². The monoisotopic (exact) mass is 390 g/mol. The minimum Gasteiger partial charge on any atom is 0 e. The smallest absolute Gasteiger partial charge is 0 e. The maximum absolute atomic E-state index is 0. The van der Waals surface area contributed by atoms with Crippen molar-refractivity contribution >= 4 is 107 Å². The number of rotatable bonds is 0. The van der Waals surface area contributed by atoms with Gasteiger partial charge < -0.3 is 0 Å². The van der Waals surface area contributed by atoms with Crippen molar-refractivity contribution in [2.24, 2.45) is 0 Å². The molecule has 0 aromatic heterocycles. The van der Waals surface area contributed by atoms with Crippen molar-refractivity contribution in [1.82, 2.24) is 0 Å². The van der Waals surface area contributed by atoms with E-state index in [1.54, 1.807) is 0 Å². The largest absolute Gasteiger partial charge is 0 e. The molecule has 0 N–H and O–H groups in total. The van der Waals surface area contributed by atoms with E-state index in [0.717, 1.165) is 0 Å². The molecule has 0 bridgehead atoms. The Kier molecular flexibility index (Phi) is 159. The summed E-state index contributed by atoms with van der Waals surface area (Å²) in [5, 5.41) is 0. The van der Waals surface area contributed by atoms with Crippen LogP contribution in [0, 0.1) is 0 Å². The van der Waals surface area contributed by atoms with Crippen LogP contribution >= 0.6 is 0 Å². The molecule has 0 unspecified atom stereocenters. The summed E-state index contributed by atoms with van der Waals surface area (Å²) in [6, 6.07) is 0. The van der Waals surface area contributed by atoms with E-state index in [1.807, 2.05) is 0 Å². The SMILES string of the molecule is [Bi].[Cu].[Fe].[K].[Na]. The van der Waals surface area contributed by atoms with Gasteiger partial charge in [0.15, 0.2) is 0 Å².